The Kier molecular flexibility index (Phi) is 6.57. The summed E-state index contributed by atoms with van der Waals surface area (Å²) in [5.41, 5.74) is 5.63. The van der Waals surface area contributed by atoms with Gasteiger partial charge in [0.1, 0.15) is 0 Å². The fourth-order valence-electron chi connectivity index (χ4n) is 1.45. The van der Waals surface area contributed by atoms with E-state index in [1.165, 1.54) is 0 Å². The van der Waals surface area contributed by atoms with Crippen LogP contribution in [-0.2, 0) is 4.79 Å². The predicted molar refractivity (Wildman–Crippen MR) is 64.5 cm³/mol. The number of carbonyl (C=O) groups excluding carboxylic acids is 1. The second-order valence-electron chi connectivity index (χ2n) is 5.43. The molecule has 0 aromatic heterocycles. The van der Waals surface area contributed by atoms with Gasteiger partial charge in [0.15, 0.2) is 0 Å². The van der Waals surface area contributed by atoms with Crippen LogP contribution in [0.15, 0.2) is 0 Å². The van der Waals surface area contributed by atoms with Crippen LogP contribution in [0.25, 0.3) is 0 Å². The number of carbonyl (C=O) groups is 1. The standard InChI is InChI=1S/C12H26N2O/c1-10(2)8-11(15)14-9-12(3,4)6-5-7-13/h10H,5-9,13H2,1-4H3,(H,14,15). The zero-order chi connectivity index (χ0) is 11.9. The second-order valence-corrected chi connectivity index (χ2v) is 5.43. The van der Waals surface area contributed by atoms with E-state index < -0.39 is 0 Å². The summed E-state index contributed by atoms with van der Waals surface area (Å²) in [5.74, 6) is 0.586. The van der Waals surface area contributed by atoms with Crippen molar-refractivity contribution in [2.24, 2.45) is 17.1 Å². The molecule has 1 amide bonds. The van der Waals surface area contributed by atoms with Crippen LogP contribution < -0.4 is 11.1 Å². The Hall–Kier alpha value is -0.570. The van der Waals surface area contributed by atoms with Crippen molar-refractivity contribution >= 4 is 5.91 Å². The van der Waals surface area contributed by atoms with Gasteiger partial charge in [0.05, 0.1) is 0 Å². The molecule has 3 N–H and O–H groups in total. The first-order valence-corrected chi connectivity index (χ1v) is 5.84. The van der Waals surface area contributed by atoms with E-state index in [4.69, 9.17) is 5.73 Å². The largest absolute Gasteiger partial charge is 0.356 e. The van der Waals surface area contributed by atoms with Gasteiger partial charge >= 0.3 is 0 Å². The zero-order valence-corrected chi connectivity index (χ0v) is 10.6. The van der Waals surface area contributed by atoms with E-state index in [2.05, 4.69) is 33.0 Å². The molecule has 0 aliphatic rings. The van der Waals surface area contributed by atoms with Crippen LogP contribution in [0.5, 0.6) is 0 Å². The van der Waals surface area contributed by atoms with Gasteiger partial charge in [-0.05, 0) is 30.7 Å². The van der Waals surface area contributed by atoms with Crippen molar-refractivity contribution in [3.05, 3.63) is 0 Å². The number of rotatable bonds is 7. The minimum Gasteiger partial charge on any atom is -0.356 e. The van der Waals surface area contributed by atoms with Crippen molar-refractivity contribution in [2.75, 3.05) is 13.1 Å². The van der Waals surface area contributed by atoms with Crippen molar-refractivity contribution < 1.29 is 4.79 Å². The van der Waals surface area contributed by atoms with Gasteiger partial charge in [0.25, 0.3) is 0 Å². The van der Waals surface area contributed by atoms with Crippen LogP contribution in [0, 0.1) is 11.3 Å². The quantitative estimate of drug-likeness (QED) is 0.680. The summed E-state index contributed by atoms with van der Waals surface area (Å²) in [4.78, 5) is 11.4. The van der Waals surface area contributed by atoms with E-state index in [0.29, 0.717) is 12.3 Å². The van der Waals surface area contributed by atoms with Crippen LogP contribution >= 0.6 is 0 Å². The van der Waals surface area contributed by atoms with Crippen molar-refractivity contribution in [2.45, 2.75) is 47.0 Å². The molecule has 0 rings (SSSR count). The molecule has 15 heavy (non-hydrogen) atoms. The monoisotopic (exact) mass is 214 g/mol. The molecule has 0 aromatic carbocycles. The van der Waals surface area contributed by atoms with Gasteiger partial charge in [0, 0.05) is 13.0 Å². The van der Waals surface area contributed by atoms with Crippen molar-refractivity contribution in [3.63, 3.8) is 0 Å². The first-order valence-electron chi connectivity index (χ1n) is 5.84. The Balaban J connectivity index is 3.77. The van der Waals surface area contributed by atoms with Gasteiger partial charge in [-0.25, -0.2) is 0 Å². The van der Waals surface area contributed by atoms with Crippen LogP contribution in [0.4, 0.5) is 0 Å². The maximum atomic E-state index is 11.4. The lowest BCUT2D eigenvalue weighted by atomic mass is 9.87. The number of nitrogens with one attached hydrogen (secondary N) is 1. The molecule has 0 saturated heterocycles. The van der Waals surface area contributed by atoms with Crippen LogP contribution in [0.3, 0.4) is 0 Å². The van der Waals surface area contributed by atoms with Crippen molar-refractivity contribution in [3.8, 4) is 0 Å². The van der Waals surface area contributed by atoms with E-state index in [-0.39, 0.29) is 11.3 Å². The molecule has 0 heterocycles. The molecule has 0 atom stereocenters. The molecule has 3 nitrogen and oxygen atoms in total. The van der Waals surface area contributed by atoms with E-state index >= 15 is 0 Å². The maximum absolute atomic E-state index is 11.4. The van der Waals surface area contributed by atoms with E-state index in [0.717, 1.165) is 25.9 Å². The van der Waals surface area contributed by atoms with Gasteiger partial charge in [-0.3, -0.25) is 4.79 Å². The van der Waals surface area contributed by atoms with Crippen molar-refractivity contribution in [1.82, 2.24) is 5.32 Å². The Morgan fingerprint density at radius 2 is 2.00 bits per heavy atom. The lowest BCUT2D eigenvalue weighted by molar-refractivity contribution is -0.122. The average Bonchev–Trinajstić information content (AvgIpc) is 2.11. The van der Waals surface area contributed by atoms with Crippen LogP contribution in [0.1, 0.15) is 47.0 Å². The van der Waals surface area contributed by atoms with Gasteiger partial charge < -0.3 is 11.1 Å². The van der Waals surface area contributed by atoms with Crippen LogP contribution in [0.2, 0.25) is 0 Å². The van der Waals surface area contributed by atoms with Gasteiger partial charge in [-0.15, -0.1) is 0 Å². The molecular formula is C12H26N2O. The number of amides is 1. The zero-order valence-electron chi connectivity index (χ0n) is 10.6. The minimum atomic E-state index is 0.158. The van der Waals surface area contributed by atoms with E-state index in [1.807, 2.05) is 0 Å². The first kappa shape index (κ1) is 14.4. The Morgan fingerprint density at radius 3 is 2.47 bits per heavy atom. The van der Waals surface area contributed by atoms with E-state index in [9.17, 15) is 4.79 Å². The molecular weight excluding hydrogens is 188 g/mol. The smallest absolute Gasteiger partial charge is 0.220 e. The second kappa shape index (κ2) is 6.83. The topological polar surface area (TPSA) is 55.1 Å². The fraction of sp³-hybridized carbons (Fsp3) is 0.917. The lowest BCUT2D eigenvalue weighted by Crippen LogP contribution is -2.34. The first-order chi connectivity index (χ1) is 6.87. The summed E-state index contributed by atoms with van der Waals surface area (Å²) < 4.78 is 0. The molecule has 0 spiro atoms. The highest BCUT2D eigenvalue weighted by molar-refractivity contribution is 5.76. The lowest BCUT2D eigenvalue weighted by Gasteiger charge is -2.24. The van der Waals surface area contributed by atoms with Crippen LogP contribution in [-0.4, -0.2) is 19.0 Å². The Labute approximate surface area is 93.8 Å². The molecule has 0 aliphatic heterocycles. The summed E-state index contributed by atoms with van der Waals surface area (Å²) >= 11 is 0. The molecule has 0 bridgehead atoms. The van der Waals surface area contributed by atoms with Crippen molar-refractivity contribution in [1.29, 1.82) is 0 Å². The molecule has 3 heteroatoms. The number of hydrogen-bond donors (Lipinski definition) is 2. The minimum absolute atomic E-state index is 0.158. The van der Waals surface area contributed by atoms with Gasteiger partial charge in [-0.1, -0.05) is 27.7 Å². The normalized spacial score (nSPS) is 11.9. The molecule has 90 valence electrons. The molecule has 0 unspecified atom stereocenters. The highest BCUT2D eigenvalue weighted by Crippen LogP contribution is 2.20. The molecule has 0 radical (unpaired) electrons. The molecule has 0 saturated carbocycles. The van der Waals surface area contributed by atoms with Gasteiger partial charge in [0.2, 0.25) is 5.91 Å². The maximum Gasteiger partial charge on any atom is 0.220 e. The number of hydrogen-bond acceptors (Lipinski definition) is 2. The summed E-state index contributed by atoms with van der Waals surface area (Å²) in [6.07, 6.45) is 2.70. The third-order valence-electron chi connectivity index (χ3n) is 2.42. The third-order valence-corrected chi connectivity index (χ3v) is 2.42. The fourth-order valence-corrected chi connectivity index (χ4v) is 1.45. The molecule has 0 aromatic rings. The summed E-state index contributed by atoms with van der Waals surface area (Å²) in [5, 5.41) is 2.98. The Bertz CT molecular complexity index is 188. The van der Waals surface area contributed by atoms with Gasteiger partial charge in [-0.2, -0.15) is 0 Å². The SMILES string of the molecule is CC(C)CC(=O)NCC(C)(C)CCCN. The third kappa shape index (κ3) is 8.43. The summed E-state index contributed by atoms with van der Waals surface area (Å²) in [7, 11) is 0. The highest BCUT2D eigenvalue weighted by Gasteiger charge is 2.18. The molecule has 0 fully saturated rings. The average molecular weight is 214 g/mol. The Morgan fingerprint density at radius 1 is 1.40 bits per heavy atom. The molecule has 0 aliphatic carbocycles. The highest BCUT2D eigenvalue weighted by atomic mass is 16.1. The predicted octanol–water partition coefficient (Wildman–Crippen LogP) is 1.91. The summed E-state index contributed by atoms with van der Waals surface area (Å²) in [6.45, 7) is 9.91. The van der Waals surface area contributed by atoms with E-state index in [1.54, 1.807) is 0 Å². The number of nitrogens with two attached hydrogens (primary N) is 1. The summed E-state index contributed by atoms with van der Waals surface area (Å²) in [6, 6.07) is 0.